The van der Waals surface area contributed by atoms with Gasteiger partial charge in [-0.1, -0.05) is 11.6 Å². The molecule has 28 heavy (non-hydrogen) atoms. The van der Waals surface area contributed by atoms with Crippen molar-refractivity contribution in [1.82, 2.24) is 10.3 Å². The first-order valence-corrected chi connectivity index (χ1v) is 10.7. The van der Waals surface area contributed by atoms with Gasteiger partial charge in [-0.2, -0.15) is 0 Å². The highest BCUT2D eigenvalue weighted by Crippen LogP contribution is 2.26. The zero-order chi connectivity index (χ0) is 20.5. The fourth-order valence-electron chi connectivity index (χ4n) is 3.37. The Bertz CT molecular complexity index is 1130. The average Bonchev–Trinajstić information content (AvgIpc) is 2.91. The second-order valence-electron chi connectivity index (χ2n) is 7.03. The molecule has 0 atom stereocenters. The fourth-order valence-corrected chi connectivity index (χ4v) is 4.53. The first kappa shape index (κ1) is 20.1. The normalized spacial score (nSPS) is 11.7. The summed E-state index contributed by atoms with van der Waals surface area (Å²) in [6.45, 7) is 5.96. The van der Waals surface area contributed by atoms with Crippen LogP contribution in [-0.2, 0) is 21.1 Å². The van der Waals surface area contributed by atoms with E-state index in [1.807, 2.05) is 26.8 Å². The largest absolute Gasteiger partial charge is 0.358 e. The minimum absolute atomic E-state index is 0.00198. The van der Waals surface area contributed by atoms with Crippen molar-refractivity contribution in [3.8, 4) is 0 Å². The Morgan fingerprint density at radius 3 is 2.46 bits per heavy atom. The zero-order valence-electron chi connectivity index (χ0n) is 16.1. The molecule has 3 rings (SSSR count). The fraction of sp³-hybridized carbons (Fsp3) is 0.286. The van der Waals surface area contributed by atoms with E-state index in [0.717, 1.165) is 45.4 Å². The van der Waals surface area contributed by atoms with E-state index in [2.05, 4.69) is 16.4 Å². The molecule has 5 nitrogen and oxygen atoms in total. The number of carbonyl (C=O) groups is 1. The number of rotatable bonds is 6. The average molecular weight is 402 g/mol. The number of benzene rings is 2. The van der Waals surface area contributed by atoms with Gasteiger partial charge in [0, 0.05) is 23.1 Å². The van der Waals surface area contributed by atoms with Crippen molar-refractivity contribution in [2.75, 3.05) is 12.3 Å². The molecular weight excluding hydrogens is 379 g/mol. The van der Waals surface area contributed by atoms with Gasteiger partial charge in [0.25, 0.3) is 0 Å². The van der Waals surface area contributed by atoms with Crippen molar-refractivity contribution < 1.29 is 17.6 Å². The van der Waals surface area contributed by atoms with Gasteiger partial charge in [-0.05, 0) is 62.2 Å². The molecule has 0 saturated heterocycles. The Labute approximate surface area is 163 Å². The minimum atomic E-state index is -3.58. The maximum atomic E-state index is 13.0. The molecule has 0 aliphatic carbocycles. The second kappa shape index (κ2) is 7.75. The van der Waals surface area contributed by atoms with Crippen LogP contribution in [-0.4, -0.2) is 31.6 Å². The molecule has 0 spiro atoms. The summed E-state index contributed by atoms with van der Waals surface area (Å²) in [6.07, 6.45) is 0.172. The summed E-state index contributed by atoms with van der Waals surface area (Å²) >= 11 is 0. The number of halogens is 1. The Kier molecular flexibility index (Phi) is 5.56. The topological polar surface area (TPSA) is 79.0 Å². The molecule has 148 valence electrons. The van der Waals surface area contributed by atoms with Crippen LogP contribution >= 0.6 is 0 Å². The van der Waals surface area contributed by atoms with Gasteiger partial charge >= 0.3 is 0 Å². The highest BCUT2D eigenvalue weighted by Gasteiger charge is 2.17. The van der Waals surface area contributed by atoms with Gasteiger partial charge in [-0.15, -0.1) is 0 Å². The molecule has 0 aliphatic rings. The van der Waals surface area contributed by atoms with Gasteiger partial charge in [0.2, 0.25) is 5.91 Å². The van der Waals surface area contributed by atoms with E-state index >= 15 is 0 Å². The molecule has 0 unspecified atom stereocenters. The number of sulfone groups is 1. The lowest BCUT2D eigenvalue weighted by atomic mass is 10.0. The number of hydrogen-bond donors (Lipinski definition) is 2. The first-order valence-electron chi connectivity index (χ1n) is 9.01. The molecule has 7 heteroatoms. The third-order valence-corrected chi connectivity index (χ3v) is 6.51. The molecule has 0 aliphatic heterocycles. The summed E-state index contributed by atoms with van der Waals surface area (Å²) in [5.74, 6) is -0.973. The molecule has 2 N–H and O–H groups in total. The van der Waals surface area contributed by atoms with E-state index in [1.54, 1.807) is 0 Å². The van der Waals surface area contributed by atoms with Crippen LogP contribution in [0.25, 0.3) is 10.9 Å². The lowest BCUT2D eigenvalue weighted by molar-refractivity contribution is -0.120. The van der Waals surface area contributed by atoms with Crippen LogP contribution < -0.4 is 5.32 Å². The standard InChI is InChI=1S/C21H23FN2O3S/c1-13-10-14(2)21-19(11-13)18(15(3)24-21)12-20(25)23-8-9-28(26,27)17-6-4-16(22)5-7-17/h4-7,10-11,24H,8-9,12H2,1-3H3,(H,23,25). The van der Waals surface area contributed by atoms with Crippen LogP contribution in [0.1, 0.15) is 22.4 Å². The number of amides is 1. The van der Waals surface area contributed by atoms with Gasteiger partial charge in [-0.3, -0.25) is 4.79 Å². The molecule has 0 fully saturated rings. The number of aromatic amines is 1. The van der Waals surface area contributed by atoms with E-state index in [1.165, 1.54) is 12.1 Å². The Balaban J connectivity index is 1.66. The zero-order valence-corrected chi connectivity index (χ0v) is 16.9. The van der Waals surface area contributed by atoms with Crippen molar-refractivity contribution in [3.05, 3.63) is 64.6 Å². The molecule has 0 bridgehead atoms. The number of nitrogens with one attached hydrogen (secondary N) is 2. The Morgan fingerprint density at radius 1 is 1.11 bits per heavy atom. The third-order valence-electron chi connectivity index (χ3n) is 4.77. The van der Waals surface area contributed by atoms with Crippen LogP contribution in [0.3, 0.4) is 0 Å². The molecular formula is C21H23FN2O3S. The van der Waals surface area contributed by atoms with Gasteiger partial charge < -0.3 is 10.3 Å². The van der Waals surface area contributed by atoms with Crippen LogP contribution in [0.5, 0.6) is 0 Å². The highest BCUT2D eigenvalue weighted by molar-refractivity contribution is 7.91. The lowest BCUT2D eigenvalue weighted by Gasteiger charge is -2.08. The summed E-state index contributed by atoms with van der Waals surface area (Å²) in [6, 6.07) is 8.80. The number of aryl methyl sites for hydroxylation is 3. The monoisotopic (exact) mass is 402 g/mol. The summed E-state index contributed by atoms with van der Waals surface area (Å²) in [5.41, 5.74) is 5.11. The quantitative estimate of drug-likeness (QED) is 0.621. The summed E-state index contributed by atoms with van der Waals surface area (Å²) in [7, 11) is -3.58. The van der Waals surface area contributed by atoms with Crippen molar-refractivity contribution >= 4 is 26.6 Å². The molecule has 0 radical (unpaired) electrons. The number of H-pyrrole nitrogens is 1. The Hall–Kier alpha value is -2.67. The highest BCUT2D eigenvalue weighted by atomic mass is 32.2. The van der Waals surface area contributed by atoms with Crippen molar-refractivity contribution in [2.24, 2.45) is 0 Å². The molecule has 3 aromatic rings. The Morgan fingerprint density at radius 2 is 1.79 bits per heavy atom. The minimum Gasteiger partial charge on any atom is -0.358 e. The summed E-state index contributed by atoms with van der Waals surface area (Å²) in [5, 5.41) is 3.69. The molecule has 0 saturated carbocycles. The van der Waals surface area contributed by atoms with Gasteiger partial charge in [0.15, 0.2) is 9.84 Å². The van der Waals surface area contributed by atoms with Crippen molar-refractivity contribution in [2.45, 2.75) is 32.1 Å². The van der Waals surface area contributed by atoms with E-state index in [-0.39, 0.29) is 29.5 Å². The number of fused-ring (bicyclic) bond motifs is 1. The van der Waals surface area contributed by atoms with Gasteiger partial charge in [0.1, 0.15) is 5.82 Å². The molecule has 1 aromatic heterocycles. The van der Waals surface area contributed by atoms with E-state index < -0.39 is 15.7 Å². The van der Waals surface area contributed by atoms with Crippen LogP contribution in [0.15, 0.2) is 41.3 Å². The predicted octanol–water partition coefficient (Wildman–Crippen LogP) is 3.36. The van der Waals surface area contributed by atoms with E-state index in [0.29, 0.717) is 0 Å². The summed E-state index contributed by atoms with van der Waals surface area (Å²) < 4.78 is 37.5. The second-order valence-corrected chi connectivity index (χ2v) is 9.14. The number of aromatic nitrogens is 1. The molecule has 2 aromatic carbocycles. The molecule has 1 heterocycles. The summed E-state index contributed by atoms with van der Waals surface area (Å²) in [4.78, 5) is 15.7. The lowest BCUT2D eigenvalue weighted by Crippen LogP contribution is -2.30. The van der Waals surface area contributed by atoms with Crippen LogP contribution in [0.4, 0.5) is 4.39 Å². The number of carbonyl (C=O) groups excluding carboxylic acids is 1. The smallest absolute Gasteiger partial charge is 0.224 e. The third kappa shape index (κ3) is 4.25. The van der Waals surface area contributed by atoms with Crippen LogP contribution in [0.2, 0.25) is 0 Å². The van der Waals surface area contributed by atoms with E-state index in [4.69, 9.17) is 0 Å². The predicted molar refractivity (Wildman–Crippen MR) is 108 cm³/mol. The van der Waals surface area contributed by atoms with E-state index in [9.17, 15) is 17.6 Å². The van der Waals surface area contributed by atoms with Crippen molar-refractivity contribution in [3.63, 3.8) is 0 Å². The first-order chi connectivity index (χ1) is 13.2. The van der Waals surface area contributed by atoms with Gasteiger partial charge in [0.05, 0.1) is 17.1 Å². The maximum absolute atomic E-state index is 13.0. The van der Waals surface area contributed by atoms with Crippen LogP contribution in [0, 0.1) is 26.6 Å². The maximum Gasteiger partial charge on any atom is 0.224 e. The van der Waals surface area contributed by atoms with Crippen molar-refractivity contribution in [1.29, 1.82) is 0 Å². The molecule has 1 amide bonds. The number of hydrogen-bond acceptors (Lipinski definition) is 3. The SMILES string of the molecule is Cc1cc(C)c2[nH]c(C)c(CC(=O)NCCS(=O)(=O)c3ccc(F)cc3)c2c1. The van der Waals surface area contributed by atoms with Gasteiger partial charge in [-0.25, -0.2) is 12.8 Å².